The minimum Gasteiger partial charge on any atom is -0.550 e. The van der Waals surface area contributed by atoms with Gasteiger partial charge in [0.2, 0.25) is 0 Å². The van der Waals surface area contributed by atoms with Crippen molar-refractivity contribution in [1.29, 1.82) is 0 Å². The maximum atomic E-state index is 12.4. The Morgan fingerprint density at radius 3 is 2.48 bits per heavy atom. The number of piperidine rings is 1. The number of carboxylic acids is 1. The van der Waals surface area contributed by atoms with Gasteiger partial charge in [-0.05, 0) is 43.4 Å². The first kappa shape index (κ1) is 19.0. The quantitative estimate of drug-likeness (QED) is 0.492. The fourth-order valence-electron chi connectivity index (χ4n) is 3.81. The standard InChI is InChI=1S/C22H21NO6/c1-13-18(28-12-19(24)23-10-8-14(9-11-23)21(25)26)7-6-16-15-4-2-3-5-17(15)22(27)29-20(13)16/h2-7,14H,8-12H2,1H3,(H,25,26)/p-1. The van der Waals surface area contributed by atoms with Crippen molar-refractivity contribution < 1.29 is 23.8 Å². The minimum atomic E-state index is -1.06. The van der Waals surface area contributed by atoms with Crippen molar-refractivity contribution in [2.45, 2.75) is 19.8 Å². The number of benzene rings is 2. The highest BCUT2D eigenvalue weighted by atomic mass is 16.5. The van der Waals surface area contributed by atoms with Crippen molar-refractivity contribution in [1.82, 2.24) is 4.90 Å². The summed E-state index contributed by atoms with van der Waals surface area (Å²) in [5.41, 5.74) is 0.669. The Labute approximate surface area is 166 Å². The zero-order chi connectivity index (χ0) is 20.5. The van der Waals surface area contributed by atoms with Crippen molar-refractivity contribution in [3.63, 3.8) is 0 Å². The van der Waals surface area contributed by atoms with Crippen LogP contribution in [0.3, 0.4) is 0 Å². The molecule has 1 amide bonds. The number of carbonyl (C=O) groups excluding carboxylic acids is 2. The van der Waals surface area contributed by atoms with Gasteiger partial charge in [0.15, 0.2) is 6.61 Å². The first-order valence-electron chi connectivity index (χ1n) is 9.52. The van der Waals surface area contributed by atoms with Crippen molar-refractivity contribution in [2.24, 2.45) is 5.92 Å². The molecule has 0 bridgehead atoms. The highest BCUT2D eigenvalue weighted by Gasteiger charge is 2.24. The molecule has 2 heterocycles. The van der Waals surface area contributed by atoms with Gasteiger partial charge in [-0.2, -0.15) is 0 Å². The number of aliphatic carboxylic acids is 1. The van der Waals surface area contributed by atoms with E-state index in [1.54, 1.807) is 30.0 Å². The second-order valence-corrected chi connectivity index (χ2v) is 7.26. The Bertz CT molecular complexity index is 1160. The molecule has 0 saturated carbocycles. The van der Waals surface area contributed by atoms with Gasteiger partial charge < -0.3 is 24.0 Å². The van der Waals surface area contributed by atoms with E-state index >= 15 is 0 Å². The van der Waals surface area contributed by atoms with Crippen LogP contribution in [0.2, 0.25) is 0 Å². The molecule has 7 nitrogen and oxygen atoms in total. The number of rotatable bonds is 4. The smallest absolute Gasteiger partial charge is 0.344 e. The molecular weight excluding hydrogens is 374 g/mol. The number of carbonyl (C=O) groups is 2. The van der Waals surface area contributed by atoms with Crippen LogP contribution in [-0.4, -0.2) is 36.5 Å². The van der Waals surface area contributed by atoms with Crippen LogP contribution in [0.25, 0.3) is 21.7 Å². The van der Waals surface area contributed by atoms with E-state index in [2.05, 4.69) is 0 Å². The van der Waals surface area contributed by atoms with Crippen molar-refractivity contribution in [3.05, 3.63) is 52.4 Å². The van der Waals surface area contributed by atoms with Gasteiger partial charge in [0.25, 0.3) is 5.91 Å². The summed E-state index contributed by atoms with van der Waals surface area (Å²) >= 11 is 0. The third kappa shape index (κ3) is 3.55. The third-order valence-corrected chi connectivity index (χ3v) is 5.52. The predicted molar refractivity (Wildman–Crippen MR) is 105 cm³/mol. The zero-order valence-electron chi connectivity index (χ0n) is 16.0. The number of amides is 1. The number of nitrogens with zero attached hydrogens (tertiary/aromatic N) is 1. The molecule has 1 aliphatic heterocycles. The first-order valence-corrected chi connectivity index (χ1v) is 9.52. The summed E-state index contributed by atoms with van der Waals surface area (Å²) in [6.45, 7) is 2.36. The van der Waals surface area contributed by atoms with E-state index < -0.39 is 17.5 Å². The molecule has 3 aromatic rings. The Balaban J connectivity index is 1.52. The molecule has 29 heavy (non-hydrogen) atoms. The van der Waals surface area contributed by atoms with E-state index in [0.717, 1.165) is 10.8 Å². The second-order valence-electron chi connectivity index (χ2n) is 7.26. The average Bonchev–Trinajstić information content (AvgIpc) is 2.74. The summed E-state index contributed by atoms with van der Waals surface area (Å²) in [7, 11) is 0. The third-order valence-electron chi connectivity index (χ3n) is 5.52. The summed E-state index contributed by atoms with van der Waals surface area (Å²) in [6.07, 6.45) is 0.780. The second kappa shape index (κ2) is 7.58. The Morgan fingerprint density at radius 2 is 1.79 bits per heavy atom. The van der Waals surface area contributed by atoms with Gasteiger partial charge in [0.1, 0.15) is 11.3 Å². The lowest BCUT2D eigenvalue weighted by Crippen LogP contribution is -2.45. The van der Waals surface area contributed by atoms with Crippen molar-refractivity contribution in [3.8, 4) is 5.75 Å². The van der Waals surface area contributed by atoms with Crippen LogP contribution in [0.4, 0.5) is 0 Å². The molecule has 1 saturated heterocycles. The van der Waals surface area contributed by atoms with Crippen molar-refractivity contribution >= 4 is 33.6 Å². The number of ether oxygens (including phenoxy) is 1. The van der Waals surface area contributed by atoms with Gasteiger partial charge >= 0.3 is 5.63 Å². The van der Waals surface area contributed by atoms with Crippen molar-refractivity contribution in [2.75, 3.05) is 19.7 Å². The summed E-state index contributed by atoms with van der Waals surface area (Å²) in [5.74, 6) is -1.30. The van der Waals surface area contributed by atoms with Crippen LogP contribution >= 0.6 is 0 Å². The molecule has 0 radical (unpaired) electrons. The van der Waals surface area contributed by atoms with Crippen LogP contribution in [0.15, 0.2) is 45.6 Å². The topological polar surface area (TPSA) is 99.9 Å². The van der Waals surface area contributed by atoms with Crippen LogP contribution in [0.5, 0.6) is 5.75 Å². The molecule has 0 N–H and O–H groups in total. The summed E-state index contributed by atoms with van der Waals surface area (Å²) in [5, 5.41) is 13.1. The lowest BCUT2D eigenvalue weighted by Gasteiger charge is -2.32. The lowest BCUT2D eigenvalue weighted by atomic mass is 9.97. The fraction of sp³-hybridized carbons (Fsp3) is 0.318. The average molecular weight is 394 g/mol. The Kier molecular flexibility index (Phi) is 4.96. The Hall–Kier alpha value is -3.35. The highest BCUT2D eigenvalue weighted by molar-refractivity contribution is 6.05. The van der Waals surface area contributed by atoms with E-state index in [1.807, 2.05) is 18.2 Å². The summed E-state index contributed by atoms with van der Waals surface area (Å²) < 4.78 is 11.2. The molecule has 4 rings (SSSR count). The lowest BCUT2D eigenvalue weighted by molar-refractivity contribution is -0.312. The van der Waals surface area contributed by atoms with Gasteiger partial charge in [-0.3, -0.25) is 4.79 Å². The summed E-state index contributed by atoms with van der Waals surface area (Å²) in [4.78, 5) is 37.2. The zero-order valence-corrected chi connectivity index (χ0v) is 16.0. The van der Waals surface area contributed by atoms with E-state index in [-0.39, 0.29) is 12.5 Å². The molecule has 0 spiro atoms. The molecule has 0 unspecified atom stereocenters. The SMILES string of the molecule is Cc1c(OCC(=O)N2CCC(C(=O)[O-])CC2)ccc2c1oc(=O)c1ccccc12. The molecule has 1 aromatic heterocycles. The molecule has 0 aliphatic carbocycles. The Morgan fingerprint density at radius 1 is 1.10 bits per heavy atom. The number of hydrogen-bond acceptors (Lipinski definition) is 6. The molecule has 150 valence electrons. The molecule has 1 aliphatic rings. The van der Waals surface area contributed by atoms with Gasteiger partial charge in [0.05, 0.1) is 5.39 Å². The molecule has 7 heteroatoms. The largest absolute Gasteiger partial charge is 0.550 e. The van der Waals surface area contributed by atoms with E-state index in [9.17, 15) is 19.5 Å². The van der Waals surface area contributed by atoms with Crippen LogP contribution in [0.1, 0.15) is 18.4 Å². The van der Waals surface area contributed by atoms with Gasteiger partial charge in [-0.25, -0.2) is 4.79 Å². The maximum absolute atomic E-state index is 12.4. The number of hydrogen-bond donors (Lipinski definition) is 0. The predicted octanol–water partition coefficient (Wildman–Crippen LogP) is 1.62. The van der Waals surface area contributed by atoms with Crippen LogP contribution < -0.4 is 15.5 Å². The number of carboxylic acid groups (broad SMARTS) is 1. The highest BCUT2D eigenvalue weighted by Crippen LogP contribution is 2.30. The molecule has 2 aromatic carbocycles. The van der Waals surface area contributed by atoms with Gasteiger partial charge in [-0.1, -0.05) is 18.2 Å². The maximum Gasteiger partial charge on any atom is 0.344 e. The van der Waals surface area contributed by atoms with Crippen LogP contribution in [0, 0.1) is 12.8 Å². The molecular formula is C22H20NO6-. The van der Waals surface area contributed by atoms with E-state index in [4.69, 9.17) is 9.15 Å². The number of aryl methyl sites for hydroxylation is 1. The first-order chi connectivity index (χ1) is 14.0. The summed E-state index contributed by atoms with van der Waals surface area (Å²) in [6, 6.07) is 10.8. The fourth-order valence-corrected chi connectivity index (χ4v) is 3.81. The van der Waals surface area contributed by atoms with E-state index in [0.29, 0.717) is 48.2 Å². The number of fused-ring (bicyclic) bond motifs is 3. The monoisotopic (exact) mass is 394 g/mol. The molecule has 1 fully saturated rings. The molecule has 0 atom stereocenters. The van der Waals surface area contributed by atoms with E-state index in [1.165, 1.54) is 0 Å². The minimum absolute atomic E-state index is 0.167. The van der Waals surface area contributed by atoms with Gasteiger partial charge in [0, 0.05) is 35.9 Å². The van der Waals surface area contributed by atoms with Crippen LogP contribution in [-0.2, 0) is 9.59 Å². The number of likely N-dealkylation sites (tertiary alicyclic amines) is 1. The normalized spacial score (nSPS) is 15.0. The van der Waals surface area contributed by atoms with Gasteiger partial charge in [-0.15, -0.1) is 0 Å².